The van der Waals surface area contributed by atoms with Gasteiger partial charge in [0.05, 0.1) is 0 Å². The first-order chi connectivity index (χ1) is 11.2. The molecule has 0 bridgehead atoms. The van der Waals surface area contributed by atoms with Crippen molar-refractivity contribution in [2.45, 2.75) is 24.6 Å². The maximum atomic E-state index is 12.2. The van der Waals surface area contributed by atoms with E-state index < -0.39 is 30.2 Å². The number of alkyl halides is 3. The molecule has 7 nitrogen and oxygen atoms in total. The van der Waals surface area contributed by atoms with Crippen molar-refractivity contribution in [3.05, 3.63) is 23.9 Å². The minimum absolute atomic E-state index is 0.0817. The van der Waals surface area contributed by atoms with Crippen molar-refractivity contribution in [3.63, 3.8) is 0 Å². The van der Waals surface area contributed by atoms with Gasteiger partial charge in [-0.3, -0.25) is 4.79 Å². The number of carboxylic acid groups (broad SMARTS) is 1. The monoisotopic (exact) mass is 348 g/mol. The number of ether oxygens (including phenoxy) is 2. The Kier molecular flexibility index (Phi) is 5.27. The number of pyridine rings is 1. The Morgan fingerprint density at radius 1 is 1.33 bits per heavy atom. The predicted octanol–water partition coefficient (Wildman–Crippen LogP) is 1.39. The van der Waals surface area contributed by atoms with E-state index in [1.165, 1.54) is 18.2 Å². The van der Waals surface area contributed by atoms with Crippen LogP contribution in [0, 0.1) is 0 Å². The first kappa shape index (κ1) is 18.0. The van der Waals surface area contributed by atoms with Crippen molar-refractivity contribution < 1.29 is 37.3 Å². The number of hydrogen-bond acceptors (Lipinski definition) is 5. The zero-order chi connectivity index (χ0) is 17.8. The summed E-state index contributed by atoms with van der Waals surface area (Å²) in [5.74, 6) is -2.39. The molecule has 1 saturated heterocycles. The quantitative estimate of drug-likeness (QED) is 0.834. The van der Waals surface area contributed by atoms with Crippen LogP contribution in [0.2, 0.25) is 0 Å². The number of rotatable bonds is 5. The summed E-state index contributed by atoms with van der Waals surface area (Å²) in [5, 5.41) is 11.8. The molecule has 0 aromatic carbocycles. The molecule has 1 aliphatic heterocycles. The van der Waals surface area contributed by atoms with Gasteiger partial charge < -0.3 is 19.9 Å². The molecule has 0 radical (unpaired) electrons. The maximum absolute atomic E-state index is 12.2. The van der Waals surface area contributed by atoms with Gasteiger partial charge in [-0.2, -0.15) is 13.2 Å². The Labute approximate surface area is 134 Å². The van der Waals surface area contributed by atoms with Crippen molar-refractivity contribution in [2.24, 2.45) is 0 Å². The van der Waals surface area contributed by atoms with E-state index in [0.717, 1.165) is 0 Å². The van der Waals surface area contributed by atoms with E-state index in [1.54, 1.807) is 0 Å². The summed E-state index contributed by atoms with van der Waals surface area (Å²) in [6.07, 6.45) is -4.37. The zero-order valence-electron chi connectivity index (χ0n) is 12.4. The van der Waals surface area contributed by atoms with Crippen LogP contribution in [-0.2, 0) is 9.53 Å². The second kappa shape index (κ2) is 7.04. The molecule has 0 saturated carbocycles. The molecule has 1 aliphatic rings. The number of aliphatic carboxylic acids is 1. The lowest BCUT2D eigenvalue weighted by Gasteiger charge is -2.33. The fourth-order valence-electron chi connectivity index (χ4n) is 2.17. The number of aromatic nitrogens is 1. The normalized spacial score (nSPS) is 17.1. The van der Waals surface area contributed by atoms with Gasteiger partial charge in [-0.25, -0.2) is 9.78 Å². The Morgan fingerprint density at radius 3 is 2.58 bits per heavy atom. The van der Waals surface area contributed by atoms with Crippen LogP contribution < -0.4 is 10.1 Å². The fraction of sp³-hybridized carbons (Fsp3) is 0.500. The Hall–Kier alpha value is -2.36. The van der Waals surface area contributed by atoms with E-state index in [0.29, 0.717) is 0 Å². The van der Waals surface area contributed by atoms with E-state index in [9.17, 15) is 27.9 Å². The SMILES string of the molecule is O=C(NC1(C(=O)O)CCOCC1)c1cccc(OCC(F)(F)F)n1. The molecule has 24 heavy (non-hydrogen) atoms. The number of nitrogens with zero attached hydrogens (tertiary/aromatic N) is 1. The van der Waals surface area contributed by atoms with Gasteiger partial charge in [-0.15, -0.1) is 0 Å². The summed E-state index contributed by atoms with van der Waals surface area (Å²) in [4.78, 5) is 27.4. The van der Waals surface area contributed by atoms with Crippen molar-refractivity contribution in [1.29, 1.82) is 0 Å². The van der Waals surface area contributed by atoms with Crippen LogP contribution >= 0.6 is 0 Å². The molecule has 10 heteroatoms. The lowest BCUT2D eigenvalue weighted by atomic mass is 9.90. The summed E-state index contributed by atoms with van der Waals surface area (Å²) in [6, 6.07) is 3.72. The van der Waals surface area contributed by atoms with Crippen molar-refractivity contribution >= 4 is 11.9 Å². The largest absolute Gasteiger partial charge is 0.480 e. The molecule has 0 unspecified atom stereocenters. The number of nitrogens with one attached hydrogen (secondary N) is 1. The smallest absolute Gasteiger partial charge is 0.422 e. The summed E-state index contributed by atoms with van der Waals surface area (Å²) in [7, 11) is 0. The molecule has 1 amide bonds. The summed E-state index contributed by atoms with van der Waals surface area (Å²) >= 11 is 0. The van der Waals surface area contributed by atoms with Gasteiger partial charge in [0, 0.05) is 32.1 Å². The van der Waals surface area contributed by atoms with Gasteiger partial charge in [0.15, 0.2) is 6.61 Å². The third kappa shape index (κ3) is 4.57. The lowest BCUT2D eigenvalue weighted by molar-refractivity contribution is -0.154. The number of carboxylic acids is 1. The maximum Gasteiger partial charge on any atom is 0.422 e. The van der Waals surface area contributed by atoms with Gasteiger partial charge >= 0.3 is 12.1 Å². The molecule has 2 N–H and O–H groups in total. The molecule has 0 aliphatic carbocycles. The Morgan fingerprint density at radius 2 is 2.00 bits per heavy atom. The van der Waals surface area contributed by atoms with Crippen molar-refractivity contribution in [3.8, 4) is 5.88 Å². The van der Waals surface area contributed by atoms with E-state index in [1.807, 2.05) is 0 Å². The van der Waals surface area contributed by atoms with Gasteiger partial charge in [0.25, 0.3) is 5.91 Å². The highest BCUT2D eigenvalue weighted by Gasteiger charge is 2.42. The highest BCUT2D eigenvalue weighted by molar-refractivity contribution is 5.96. The predicted molar refractivity (Wildman–Crippen MR) is 73.7 cm³/mol. The summed E-state index contributed by atoms with van der Waals surface area (Å²) < 4.78 is 46.0. The van der Waals surface area contributed by atoms with Gasteiger partial charge in [-0.05, 0) is 6.07 Å². The van der Waals surface area contributed by atoms with Gasteiger partial charge in [0.1, 0.15) is 11.2 Å². The van der Waals surface area contributed by atoms with Crippen LogP contribution in [0.15, 0.2) is 18.2 Å². The summed E-state index contributed by atoms with van der Waals surface area (Å²) in [6.45, 7) is -1.19. The molecular formula is C14H15F3N2O5. The third-order valence-corrected chi connectivity index (χ3v) is 3.45. The second-order valence-electron chi connectivity index (χ2n) is 5.22. The Bertz CT molecular complexity index is 615. The molecule has 1 fully saturated rings. The topological polar surface area (TPSA) is 97.8 Å². The molecular weight excluding hydrogens is 333 g/mol. The number of hydrogen-bond donors (Lipinski definition) is 2. The fourth-order valence-corrected chi connectivity index (χ4v) is 2.17. The highest BCUT2D eigenvalue weighted by Crippen LogP contribution is 2.22. The molecule has 1 aromatic heterocycles. The molecule has 0 spiro atoms. The average Bonchev–Trinajstić information content (AvgIpc) is 2.53. The first-order valence-corrected chi connectivity index (χ1v) is 7.02. The molecule has 2 heterocycles. The molecule has 0 atom stereocenters. The van der Waals surface area contributed by atoms with Crippen LogP contribution in [0.1, 0.15) is 23.3 Å². The van der Waals surface area contributed by atoms with E-state index in [2.05, 4.69) is 15.0 Å². The zero-order valence-corrected chi connectivity index (χ0v) is 12.4. The highest BCUT2D eigenvalue weighted by atomic mass is 19.4. The third-order valence-electron chi connectivity index (χ3n) is 3.45. The number of carbonyl (C=O) groups excluding carboxylic acids is 1. The van der Waals surface area contributed by atoms with Crippen LogP contribution in [0.25, 0.3) is 0 Å². The standard InChI is InChI=1S/C14H15F3N2O5/c15-14(16,17)8-24-10-3-1-2-9(18-10)11(20)19-13(12(21)22)4-6-23-7-5-13/h1-3H,4-8H2,(H,19,20)(H,21,22). The average molecular weight is 348 g/mol. The molecule has 2 rings (SSSR count). The summed E-state index contributed by atoms with van der Waals surface area (Å²) in [5.41, 5.74) is -1.72. The van der Waals surface area contributed by atoms with Crippen molar-refractivity contribution in [1.82, 2.24) is 10.3 Å². The lowest BCUT2D eigenvalue weighted by Crippen LogP contribution is -2.57. The minimum atomic E-state index is -4.53. The number of halogens is 3. The van der Waals surface area contributed by atoms with Crippen LogP contribution in [0.3, 0.4) is 0 Å². The van der Waals surface area contributed by atoms with Crippen molar-refractivity contribution in [2.75, 3.05) is 19.8 Å². The number of carbonyl (C=O) groups is 2. The second-order valence-corrected chi connectivity index (χ2v) is 5.22. The van der Waals surface area contributed by atoms with Crippen LogP contribution in [0.4, 0.5) is 13.2 Å². The van der Waals surface area contributed by atoms with E-state index >= 15 is 0 Å². The Balaban J connectivity index is 2.10. The first-order valence-electron chi connectivity index (χ1n) is 7.02. The van der Waals surface area contributed by atoms with Crippen LogP contribution in [-0.4, -0.2) is 53.5 Å². The van der Waals surface area contributed by atoms with Crippen LogP contribution in [0.5, 0.6) is 5.88 Å². The number of amides is 1. The molecule has 1 aromatic rings. The van der Waals surface area contributed by atoms with Gasteiger partial charge in [-0.1, -0.05) is 6.07 Å². The minimum Gasteiger partial charge on any atom is -0.480 e. The van der Waals surface area contributed by atoms with E-state index in [-0.39, 0.29) is 37.6 Å². The van der Waals surface area contributed by atoms with Gasteiger partial charge in [0.2, 0.25) is 5.88 Å². The molecule has 132 valence electrons. The van der Waals surface area contributed by atoms with E-state index in [4.69, 9.17) is 4.74 Å².